The normalized spacial score (nSPS) is 39.3. The van der Waals surface area contributed by atoms with Gasteiger partial charge in [-0.15, -0.1) is 0 Å². The van der Waals surface area contributed by atoms with Crippen LogP contribution < -0.4 is 20.7 Å². The van der Waals surface area contributed by atoms with Gasteiger partial charge in [-0.25, -0.2) is 13.1 Å². The molecule has 8 nitrogen and oxygen atoms in total. The molecule has 0 radical (unpaired) electrons. The monoisotopic (exact) mass is 455 g/mol. The van der Waals surface area contributed by atoms with Crippen molar-refractivity contribution in [3.05, 3.63) is 0 Å². The second-order valence-corrected chi connectivity index (χ2v) is 12.1. The second kappa shape index (κ2) is 10.0. The summed E-state index contributed by atoms with van der Waals surface area (Å²) in [6, 6.07) is 1.61. The molecular formula is C22H41N5O3S. The number of carbonyl (C=O) groups excluding carboxylic acids is 1. The highest BCUT2D eigenvalue weighted by atomic mass is 32.2. The van der Waals surface area contributed by atoms with Crippen LogP contribution in [0.25, 0.3) is 0 Å². The van der Waals surface area contributed by atoms with E-state index in [1.807, 2.05) is 0 Å². The number of piperidine rings is 1. The number of likely N-dealkylation sites (tertiary alicyclic amines) is 1. The van der Waals surface area contributed by atoms with E-state index < -0.39 is 10.0 Å². The number of fused-ring (bicyclic) bond motifs is 1. The van der Waals surface area contributed by atoms with E-state index in [-0.39, 0.29) is 18.1 Å². The molecule has 0 spiro atoms. The van der Waals surface area contributed by atoms with E-state index >= 15 is 0 Å². The number of rotatable bonds is 6. The van der Waals surface area contributed by atoms with Crippen LogP contribution in [0.4, 0.5) is 0 Å². The maximum atomic E-state index is 12.2. The van der Waals surface area contributed by atoms with Crippen LogP contribution in [0, 0.1) is 5.92 Å². The fourth-order valence-electron chi connectivity index (χ4n) is 6.59. The van der Waals surface area contributed by atoms with Crippen LogP contribution >= 0.6 is 0 Å². The highest BCUT2D eigenvalue weighted by Crippen LogP contribution is 2.37. The van der Waals surface area contributed by atoms with Crippen molar-refractivity contribution in [3.63, 3.8) is 0 Å². The minimum atomic E-state index is -3.15. The summed E-state index contributed by atoms with van der Waals surface area (Å²) in [6.45, 7) is 3.61. The Labute approximate surface area is 187 Å². The number of hydrogen-bond acceptors (Lipinski definition) is 6. The smallest absolute Gasteiger partial charge is 0.219 e. The van der Waals surface area contributed by atoms with Crippen LogP contribution in [0.2, 0.25) is 0 Å². The van der Waals surface area contributed by atoms with Crippen molar-refractivity contribution in [3.8, 4) is 0 Å². The van der Waals surface area contributed by atoms with Crippen LogP contribution in [0.5, 0.6) is 0 Å². The molecule has 0 aromatic heterocycles. The molecule has 4 rings (SSSR count). The van der Waals surface area contributed by atoms with Crippen LogP contribution in [0.15, 0.2) is 0 Å². The van der Waals surface area contributed by atoms with Gasteiger partial charge in [-0.05, 0) is 63.8 Å². The van der Waals surface area contributed by atoms with Crippen molar-refractivity contribution in [1.29, 1.82) is 0 Å². The van der Waals surface area contributed by atoms with Gasteiger partial charge in [0.1, 0.15) is 0 Å². The first-order chi connectivity index (χ1) is 14.8. The fourth-order valence-corrected chi connectivity index (χ4v) is 7.41. The summed E-state index contributed by atoms with van der Waals surface area (Å²) < 4.78 is 26.0. The Morgan fingerprint density at radius 2 is 1.68 bits per heavy atom. The van der Waals surface area contributed by atoms with Gasteiger partial charge in [0.15, 0.2) is 0 Å². The highest BCUT2D eigenvalue weighted by molar-refractivity contribution is 7.88. The Hall–Kier alpha value is -0.740. The minimum Gasteiger partial charge on any atom is -0.338 e. The van der Waals surface area contributed by atoms with E-state index in [4.69, 9.17) is 0 Å². The molecule has 0 aromatic carbocycles. The van der Waals surface area contributed by atoms with Crippen molar-refractivity contribution in [2.24, 2.45) is 5.92 Å². The third kappa shape index (κ3) is 6.19. The number of nitrogens with one attached hydrogen (secondary N) is 4. The van der Waals surface area contributed by atoms with Gasteiger partial charge in [0, 0.05) is 43.7 Å². The molecule has 31 heavy (non-hydrogen) atoms. The third-order valence-electron chi connectivity index (χ3n) is 7.84. The van der Waals surface area contributed by atoms with Gasteiger partial charge in [-0.3, -0.25) is 10.1 Å². The maximum Gasteiger partial charge on any atom is 0.219 e. The molecule has 2 saturated heterocycles. The summed E-state index contributed by atoms with van der Waals surface area (Å²) in [6.07, 6.45) is 12.4. The molecule has 7 unspecified atom stereocenters. The molecule has 4 fully saturated rings. The Kier molecular flexibility index (Phi) is 7.58. The van der Waals surface area contributed by atoms with Crippen molar-refractivity contribution in [2.45, 2.75) is 108 Å². The molecular weight excluding hydrogens is 414 g/mol. The first kappa shape index (κ1) is 23.4. The summed E-state index contributed by atoms with van der Waals surface area (Å²) >= 11 is 0. The van der Waals surface area contributed by atoms with Crippen molar-refractivity contribution in [2.75, 3.05) is 19.3 Å². The standard InChI is InChI=1S/C22H41N5O3S/c1-15(28)27-12-10-16-5-3-8-20(22(16)27)24-18-9-11-23-21(14-18)25-17-6-4-7-19(13-17)26-31(2,29)30/h16-26H,3-14H2,1-2H3. The number of hydrogen-bond donors (Lipinski definition) is 4. The molecule has 7 atom stereocenters. The minimum absolute atomic E-state index is 0.0397. The predicted octanol–water partition coefficient (Wildman–Crippen LogP) is 0.894. The van der Waals surface area contributed by atoms with Crippen molar-refractivity contribution < 1.29 is 13.2 Å². The zero-order chi connectivity index (χ0) is 22.0. The molecule has 2 heterocycles. The van der Waals surface area contributed by atoms with E-state index in [0.717, 1.165) is 64.5 Å². The van der Waals surface area contributed by atoms with Gasteiger partial charge in [-0.2, -0.15) is 0 Å². The third-order valence-corrected chi connectivity index (χ3v) is 8.60. The fraction of sp³-hybridized carbons (Fsp3) is 0.955. The van der Waals surface area contributed by atoms with Crippen LogP contribution in [-0.4, -0.2) is 74.9 Å². The van der Waals surface area contributed by atoms with E-state index in [9.17, 15) is 13.2 Å². The predicted molar refractivity (Wildman–Crippen MR) is 122 cm³/mol. The highest BCUT2D eigenvalue weighted by Gasteiger charge is 2.43. The molecule has 4 N–H and O–H groups in total. The summed E-state index contributed by atoms with van der Waals surface area (Å²) in [5.41, 5.74) is 0. The van der Waals surface area contributed by atoms with Gasteiger partial charge in [-0.1, -0.05) is 12.8 Å². The van der Waals surface area contributed by atoms with E-state index in [0.29, 0.717) is 30.1 Å². The Morgan fingerprint density at radius 3 is 2.45 bits per heavy atom. The first-order valence-corrected chi connectivity index (χ1v) is 14.2. The van der Waals surface area contributed by atoms with Crippen molar-refractivity contribution >= 4 is 15.9 Å². The molecule has 2 aliphatic heterocycles. The summed E-state index contributed by atoms with van der Waals surface area (Å²) in [5.74, 6) is 0.882. The van der Waals surface area contributed by atoms with E-state index in [1.54, 1.807) is 6.92 Å². The average Bonchev–Trinajstić information content (AvgIpc) is 3.13. The zero-order valence-corrected chi connectivity index (χ0v) is 19.9. The molecule has 9 heteroatoms. The number of amides is 1. The van der Waals surface area contributed by atoms with Crippen LogP contribution in [-0.2, 0) is 14.8 Å². The zero-order valence-electron chi connectivity index (χ0n) is 19.1. The topological polar surface area (TPSA) is 103 Å². The lowest BCUT2D eigenvalue weighted by molar-refractivity contribution is -0.131. The van der Waals surface area contributed by atoms with Gasteiger partial charge in [0.25, 0.3) is 0 Å². The first-order valence-electron chi connectivity index (χ1n) is 12.3. The summed E-state index contributed by atoms with van der Waals surface area (Å²) in [5, 5.41) is 11.3. The number of nitrogens with zero attached hydrogens (tertiary/aromatic N) is 1. The number of sulfonamides is 1. The van der Waals surface area contributed by atoms with E-state index in [1.165, 1.54) is 19.1 Å². The Balaban J connectivity index is 1.30. The molecule has 1 amide bonds. The largest absolute Gasteiger partial charge is 0.338 e. The lowest BCUT2D eigenvalue weighted by Crippen LogP contribution is -2.60. The lowest BCUT2D eigenvalue weighted by Gasteiger charge is -2.43. The Morgan fingerprint density at radius 1 is 0.935 bits per heavy atom. The summed E-state index contributed by atoms with van der Waals surface area (Å²) in [7, 11) is -3.15. The van der Waals surface area contributed by atoms with Crippen molar-refractivity contribution in [1.82, 2.24) is 25.6 Å². The number of carbonyl (C=O) groups is 1. The molecule has 0 aromatic rings. The average molecular weight is 456 g/mol. The molecule has 2 saturated carbocycles. The van der Waals surface area contributed by atoms with Gasteiger partial charge >= 0.3 is 0 Å². The molecule has 4 aliphatic rings. The van der Waals surface area contributed by atoms with Gasteiger partial charge in [0.05, 0.1) is 12.4 Å². The van der Waals surface area contributed by atoms with Gasteiger partial charge < -0.3 is 15.5 Å². The van der Waals surface area contributed by atoms with Crippen LogP contribution in [0.1, 0.15) is 71.1 Å². The van der Waals surface area contributed by atoms with Crippen LogP contribution in [0.3, 0.4) is 0 Å². The second-order valence-electron chi connectivity index (χ2n) is 10.3. The van der Waals surface area contributed by atoms with E-state index in [2.05, 4.69) is 25.6 Å². The quantitative estimate of drug-likeness (QED) is 0.475. The Bertz CT molecular complexity index is 733. The molecule has 178 valence electrons. The molecule has 0 bridgehead atoms. The maximum absolute atomic E-state index is 12.2. The SMILES string of the molecule is CC(=O)N1CCC2CCCC(NC3CCNC(NC4CCCC(NS(C)(=O)=O)C4)C3)C21. The van der Waals surface area contributed by atoms with Gasteiger partial charge in [0.2, 0.25) is 15.9 Å². The lowest BCUT2D eigenvalue weighted by atomic mass is 9.80. The molecule has 2 aliphatic carbocycles. The summed E-state index contributed by atoms with van der Waals surface area (Å²) in [4.78, 5) is 14.3.